The molecule has 0 bridgehead atoms. The van der Waals surface area contributed by atoms with Gasteiger partial charge in [-0.2, -0.15) is 0 Å². The molecule has 4 rings (SSSR count). The molecule has 1 aliphatic rings. The lowest BCUT2D eigenvalue weighted by atomic mass is 9.96. The fourth-order valence-corrected chi connectivity index (χ4v) is 3.96. The van der Waals surface area contributed by atoms with Crippen molar-refractivity contribution >= 4 is 5.95 Å². The summed E-state index contributed by atoms with van der Waals surface area (Å²) in [4.78, 5) is 22.9. The van der Waals surface area contributed by atoms with Gasteiger partial charge in [-0.15, -0.1) is 0 Å². The van der Waals surface area contributed by atoms with Crippen molar-refractivity contribution < 1.29 is 4.90 Å². The van der Waals surface area contributed by atoms with Crippen molar-refractivity contribution in [2.24, 2.45) is 0 Å². The van der Waals surface area contributed by atoms with E-state index in [-0.39, 0.29) is 5.56 Å². The summed E-state index contributed by atoms with van der Waals surface area (Å²) >= 11 is 0. The van der Waals surface area contributed by atoms with Crippen LogP contribution in [0.3, 0.4) is 0 Å². The van der Waals surface area contributed by atoms with Gasteiger partial charge < -0.3 is 9.80 Å². The minimum atomic E-state index is -0.0845. The number of H-pyrrole nitrogens is 1. The summed E-state index contributed by atoms with van der Waals surface area (Å²) in [5.74, 6) is 0.690. The van der Waals surface area contributed by atoms with E-state index in [1.165, 1.54) is 17.2 Å². The normalized spacial score (nSPS) is 15.3. The van der Waals surface area contributed by atoms with Gasteiger partial charge in [0.1, 0.15) is 6.04 Å². The van der Waals surface area contributed by atoms with Crippen molar-refractivity contribution in [1.29, 1.82) is 0 Å². The van der Waals surface area contributed by atoms with E-state index >= 15 is 0 Å². The van der Waals surface area contributed by atoms with Crippen LogP contribution in [0, 0.1) is 6.92 Å². The second kappa shape index (κ2) is 7.76. The van der Waals surface area contributed by atoms with Gasteiger partial charge in [0.2, 0.25) is 5.95 Å². The van der Waals surface area contributed by atoms with Gasteiger partial charge in [-0.3, -0.25) is 9.78 Å². The van der Waals surface area contributed by atoms with Crippen molar-refractivity contribution in [3.05, 3.63) is 93.9 Å². The van der Waals surface area contributed by atoms with E-state index in [0.29, 0.717) is 12.0 Å². The van der Waals surface area contributed by atoms with E-state index in [4.69, 9.17) is 0 Å². The van der Waals surface area contributed by atoms with Crippen LogP contribution in [0.5, 0.6) is 0 Å². The lowest BCUT2D eigenvalue weighted by Gasteiger charge is -2.37. The Morgan fingerprint density at radius 1 is 0.963 bits per heavy atom. The molecular formula is C22H25N4O+. The summed E-state index contributed by atoms with van der Waals surface area (Å²) in [6, 6.07) is 23.3. The van der Waals surface area contributed by atoms with Crippen LogP contribution in [0.25, 0.3) is 0 Å². The van der Waals surface area contributed by atoms with Crippen LogP contribution in [0.1, 0.15) is 22.9 Å². The number of anilines is 1. The topological polar surface area (TPSA) is 53.4 Å². The van der Waals surface area contributed by atoms with E-state index in [1.54, 1.807) is 4.90 Å². The number of rotatable bonds is 4. The largest absolute Gasteiger partial charge is 0.331 e. The van der Waals surface area contributed by atoms with Gasteiger partial charge in [-0.1, -0.05) is 60.7 Å². The fourth-order valence-electron chi connectivity index (χ4n) is 3.96. The zero-order valence-corrected chi connectivity index (χ0v) is 15.6. The SMILES string of the molecule is Cc1cc(=O)[nH]c(N2CC[NH+](C(c3ccccc3)c3ccccc3)CC2)n1. The van der Waals surface area contributed by atoms with Crippen LogP contribution in [-0.2, 0) is 0 Å². The highest BCUT2D eigenvalue weighted by Crippen LogP contribution is 2.19. The average molecular weight is 361 g/mol. The van der Waals surface area contributed by atoms with Crippen LogP contribution in [-0.4, -0.2) is 36.1 Å². The number of aromatic amines is 1. The van der Waals surface area contributed by atoms with E-state index in [9.17, 15) is 4.79 Å². The van der Waals surface area contributed by atoms with Crippen molar-refractivity contribution in [3.63, 3.8) is 0 Å². The predicted octanol–water partition coefficient (Wildman–Crippen LogP) is 1.57. The Kier molecular flexibility index (Phi) is 5.03. The van der Waals surface area contributed by atoms with Crippen molar-refractivity contribution in [1.82, 2.24) is 9.97 Å². The number of hydrogen-bond acceptors (Lipinski definition) is 3. The van der Waals surface area contributed by atoms with E-state index in [2.05, 4.69) is 75.5 Å². The Labute approximate surface area is 159 Å². The zero-order valence-electron chi connectivity index (χ0n) is 15.6. The molecule has 138 valence electrons. The second-order valence-electron chi connectivity index (χ2n) is 7.11. The molecule has 0 aliphatic carbocycles. The fraction of sp³-hybridized carbons (Fsp3) is 0.273. The van der Waals surface area contributed by atoms with Crippen LogP contribution in [0.15, 0.2) is 71.5 Å². The molecule has 1 aromatic heterocycles. The van der Waals surface area contributed by atoms with Crippen molar-refractivity contribution in [3.8, 4) is 0 Å². The molecule has 1 aliphatic heterocycles. The Bertz CT molecular complexity index is 892. The van der Waals surface area contributed by atoms with E-state index in [0.717, 1.165) is 31.9 Å². The quantitative estimate of drug-likeness (QED) is 0.742. The summed E-state index contributed by atoms with van der Waals surface area (Å²) in [7, 11) is 0. The number of aromatic nitrogens is 2. The molecule has 5 heteroatoms. The first kappa shape index (κ1) is 17.5. The van der Waals surface area contributed by atoms with Gasteiger partial charge in [0, 0.05) is 22.9 Å². The maximum atomic E-state index is 11.8. The monoisotopic (exact) mass is 361 g/mol. The smallest absolute Gasteiger partial charge is 0.252 e. The molecule has 2 heterocycles. The van der Waals surface area contributed by atoms with Crippen LogP contribution < -0.4 is 15.4 Å². The number of benzene rings is 2. The standard InChI is InChI=1S/C22H24N4O/c1-17-16-20(27)24-22(23-17)26-14-12-25(13-15-26)21(18-8-4-2-5-9-18)19-10-6-3-7-11-19/h2-11,16,21H,12-15H2,1H3,(H,23,24,27)/p+1. The number of aryl methyl sites for hydroxylation is 1. The maximum Gasteiger partial charge on any atom is 0.252 e. The lowest BCUT2D eigenvalue weighted by Crippen LogP contribution is -3.15. The highest BCUT2D eigenvalue weighted by atomic mass is 16.1. The molecule has 0 radical (unpaired) electrons. The van der Waals surface area contributed by atoms with Gasteiger partial charge in [0.05, 0.1) is 26.2 Å². The van der Waals surface area contributed by atoms with Gasteiger partial charge in [-0.25, -0.2) is 4.98 Å². The third kappa shape index (κ3) is 3.93. The molecule has 2 N–H and O–H groups in total. The van der Waals surface area contributed by atoms with Crippen molar-refractivity contribution in [2.45, 2.75) is 13.0 Å². The Morgan fingerprint density at radius 3 is 2.04 bits per heavy atom. The van der Waals surface area contributed by atoms with Crippen molar-refractivity contribution in [2.75, 3.05) is 31.1 Å². The molecule has 1 fully saturated rings. The minimum Gasteiger partial charge on any atom is -0.331 e. The maximum absolute atomic E-state index is 11.8. The molecule has 0 amide bonds. The highest BCUT2D eigenvalue weighted by Gasteiger charge is 2.30. The Hall–Kier alpha value is -2.92. The molecule has 0 saturated carbocycles. The number of nitrogens with zero attached hydrogens (tertiary/aromatic N) is 2. The first-order chi connectivity index (χ1) is 13.2. The third-order valence-electron chi connectivity index (χ3n) is 5.24. The van der Waals surface area contributed by atoms with Gasteiger partial charge >= 0.3 is 0 Å². The van der Waals surface area contributed by atoms with Gasteiger partial charge in [0.25, 0.3) is 5.56 Å². The van der Waals surface area contributed by atoms with E-state index < -0.39 is 0 Å². The Balaban J connectivity index is 1.56. The first-order valence-corrected chi connectivity index (χ1v) is 9.48. The minimum absolute atomic E-state index is 0.0845. The summed E-state index contributed by atoms with van der Waals surface area (Å²) in [5, 5.41) is 0. The number of hydrogen-bond donors (Lipinski definition) is 2. The predicted molar refractivity (Wildman–Crippen MR) is 107 cm³/mol. The van der Waals surface area contributed by atoms with Crippen LogP contribution in [0.4, 0.5) is 5.95 Å². The molecule has 0 spiro atoms. The zero-order chi connectivity index (χ0) is 18.6. The summed E-state index contributed by atoms with van der Waals surface area (Å²) in [6.07, 6.45) is 0. The third-order valence-corrected chi connectivity index (χ3v) is 5.24. The van der Waals surface area contributed by atoms with Crippen LogP contribution >= 0.6 is 0 Å². The molecule has 0 unspecified atom stereocenters. The molecule has 2 aromatic carbocycles. The number of piperazine rings is 1. The number of quaternary nitrogens is 1. The second-order valence-corrected chi connectivity index (χ2v) is 7.11. The summed E-state index contributed by atoms with van der Waals surface area (Å²) in [5.41, 5.74) is 3.36. The molecule has 1 saturated heterocycles. The highest BCUT2D eigenvalue weighted by molar-refractivity contribution is 5.32. The Morgan fingerprint density at radius 2 is 1.52 bits per heavy atom. The summed E-state index contributed by atoms with van der Waals surface area (Å²) < 4.78 is 0. The van der Waals surface area contributed by atoms with E-state index in [1.807, 2.05) is 6.92 Å². The molecule has 5 nitrogen and oxygen atoms in total. The number of nitrogens with one attached hydrogen (secondary N) is 2. The molecular weight excluding hydrogens is 336 g/mol. The molecule has 3 aromatic rings. The molecule has 27 heavy (non-hydrogen) atoms. The molecule has 0 atom stereocenters. The van der Waals surface area contributed by atoms with Gasteiger partial charge in [-0.05, 0) is 6.92 Å². The first-order valence-electron chi connectivity index (χ1n) is 9.48. The lowest BCUT2D eigenvalue weighted by molar-refractivity contribution is -0.926. The average Bonchev–Trinajstić information content (AvgIpc) is 2.70. The summed E-state index contributed by atoms with van der Waals surface area (Å²) in [6.45, 7) is 5.59. The van der Waals surface area contributed by atoms with Crippen LogP contribution in [0.2, 0.25) is 0 Å². The van der Waals surface area contributed by atoms with Gasteiger partial charge in [0.15, 0.2) is 0 Å².